The predicted octanol–water partition coefficient (Wildman–Crippen LogP) is 3.13. The third kappa shape index (κ3) is 6.15. The Morgan fingerprint density at radius 3 is 2.90 bits per heavy atom. The number of hydrogen-bond acceptors (Lipinski definition) is 4. The Morgan fingerprint density at radius 1 is 1.31 bits per heavy atom. The summed E-state index contributed by atoms with van der Waals surface area (Å²) in [5, 5.41) is 6.74. The van der Waals surface area contributed by atoms with Gasteiger partial charge in [0.05, 0.1) is 6.10 Å². The Balaban J connectivity index is 1.35. The van der Waals surface area contributed by atoms with Crippen molar-refractivity contribution >= 4 is 11.8 Å². The zero-order valence-corrected chi connectivity index (χ0v) is 17.1. The molecule has 2 N–H and O–H groups in total. The fourth-order valence-corrected chi connectivity index (χ4v) is 3.43. The van der Waals surface area contributed by atoms with E-state index in [2.05, 4.69) is 39.7 Å². The highest BCUT2D eigenvalue weighted by atomic mass is 19.1. The minimum absolute atomic E-state index is 0.0881. The molecule has 0 radical (unpaired) electrons. The quantitative estimate of drug-likeness (QED) is 0.406. The molecule has 0 aliphatic carbocycles. The lowest BCUT2D eigenvalue weighted by molar-refractivity contribution is 0.0646. The molecule has 2 heterocycles. The van der Waals surface area contributed by atoms with Crippen LogP contribution >= 0.6 is 0 Å². The number of nitrogens with one attached hydrogen (secondary N) is 2. The number of pyridine rings is 1. The zero-order valence-electron chi connectivity index (χ0n) is 17.1. The van der Waals surface area contributed by atoms with E-state index in [1.165, 1.54) is 11.6 Å². The van der Waals surface area contributed by atoms with Crippen molar-refractivity contribution in [3.8, 4) is 0 Å². The molecule has 29 heavy (non-hydrogen) atoms. The van der Waals surface area contributed by atoms with Gasteiger partial charge in [0.25, 0.3) is 0 Å². The van der Waals surface area contributed by atoms with Gasteiger partial charge < -0.3 is 20.3 Å². The molecule has 0 bridgehead atoms. The van der Waals surface area contributed by atoms with E-state index in [4.69, 9.17) is 4.74 Å². The van der Waals surface area contributed by atoms with E-state index in [1.54, 1.807) is 19.3 Å². The summed E-state index contributed by atoms with van der Waals surface area (Å²) in [5.74, 6) is 0.902. The summed E-state index contributed by atoms with van der Waals surface area (Å²) in [6.07, 6.45) is 3.51. The Bertz CT molecular complexity index is 786. The molecule has 6 nitrogen and oxygen atoms in total. The Labute approximate surface area is 172 Å². The summed E-state index contributed by atoms with van der Waals surface area (Å²) in [6, 6.07) is 13.5. The van der Waals surface area contributed by atoms with Crippen molar-refractivity contribution in [1.82, 2.24) is 15.6 Å². The Hall–Kier alpha value is -2.67. The van der Waals surface area contributed by atoms with Crippen LogP contribution in [0.4, 0.5) is 10.2 Å². The third-order valence-corrected chi connectivity index (χ3v) is 5.04. The van der Waals surface area contributed by atoms with Crippen molar-refractivity contribution in [1.29, 1.82) is 0 Å². The molecule has 1 aliphatic rings. The number of hydrogen-bond donors (Lipinski definition) is 2. The molecule has 3 rings (SSSR count). The summed E-state index contributed by atoms with van der Waals surface area (Å²) in [5.41, 5.74) is 1.19. The first-order chi connectivity index (χ1) is 14.2. The summed E-state index contributed by atoms with van der Waals surface area (Å²) in [6.45, 7) is 4.99. The molecule has 0 spiro atoms. The molecule has 0 amide bonds. The van der Waals surface area contributed by atoms with Crippen LogP contribution in [0, 0.1) is 5.82 Å². The smallest absolute Gasteiger partial charge is 0.191 e. The molecule has 1 aliphatic heterocycles. The van der Waals surface area contributed by atoms with Crippen LogP contribution in [-0.4, -0.2) is 50.3 Å². The van der Waals surface area contributed by atoms with Crippen molar-refractivity contribution in [2.45, 2.75) is 31.9 Å². The normalized spacial score (nSPS) is 18.0. The van der Waals surface area contributed by atoms with E-state index in [-0.39, 0.29) is 18.0 Å². The number of benzene rings is 1. The number of halogens is 1. The topological polar surface area (TPSA) is 61.8 Å². The van der Waals surface area contributed by atoms with E-state index in [1.807, 2.05) is 23.1 Å². The van der Waals surface area contributed by atoms with Crippen LogP contribution in [0.15, 0.2) is 53.7 Å². The SMILES string of the molecule is CN=C(NCCCOC(C)c1ccccc1)NC1CCN(c2ncccc2F)C1. The van der Waals surface area contributed by atoms with Crippen LogP contribution in [-0.2, 0) is 4.74 Å². The molecular formula is C22H30FN5O. The van der Waals surface area contributed by atoms with Gasteiger partial charge in [0.1, 0.15) is 0 Å². The van der Waals surface area contributed by atoms with Gasteiger partial charge in [-0.25, -0.2) is 9.37 Å². The second-order valence-corrected chi connectivity index (χ2v) is 7.16. The first-order valence-corrected chi connectivity index (χ1v) is 10.2. The van der Waals surface area contributed by atoms with Gasteiger partial charge in [0.2, 0.25) is 0 Å². The number of aliphatic imine (C=N–C) groups is 1. The lowest BCUT2D eigenvalue weighted by Gasteiger charge is -2.20. The average Bonchev–Trinajstić information content (AvgIpc) is 3.21. The number of ether oxygens (including phenoxy) is 1. The molecule has 156 valence electrons. The van der Waals surface area contributed by atoms with Crippen molar-refractivity contribution in [3.63, 3.8) is 0 Å². The molecule has 1 saturated heterocycles. The van der Waals surface area contributed by atoms with Gasteiger partial charge in [-0.15, -0.1) is 0 Å². The molecule has 0 saturated carbocycles. The molecule has 1 aromatic carbocycles. The number of anilines is 1. The second-order valence-electron chi connectivity index (χ2n) is 7.16. The average molecular weight is 400 g/mol. The Morgan fingerprint density at radius 2 is 2.14 bits per heavy atom. The van der Waals surface area contributed by atoms with Crippen molar-refractivity contribution < 1.29 is 9.13 Å². The molecule has 7 heteroatoms. The van der Waals surface area contributed by atoms with Gasteiger partial charge in [0.15, 0.2) is 17.6 Å². The van der Waals surface area contributed by atoms with Crippen LogP contribution in [0.25, 0.3) is 0 Å². The van der Waals surface area contributed by atoms with Crippen LogP contribution in [0.2, 0.25) is 0 Å². The van der Waals surface area contributed by atoms with E-state index >= 15 is 0 Å². The Kier molecular flexibility index (Phi) is 7.81. The van der Waals surface area contributed by atoms with E-state index < -0.39 is 0 Å². The zero-order chi connectivity index (χ0) is 20.5. The van der Waals surface area contributed by atoms with E-state index in [0.29, 0.717) is 19.0 Å². The van der Waals surface area contributed by atoms with Crippen LogP contribution < -0.4 is 15.5 Å². The van der Waals surface area contributed by atoms with Gasteiger partial charge >= 0.3 is 0 Å². The van der Waals surface area contributed by atoms with E-state index in [9.17, 15) is 4.39 Å². The largest absolute Gasteiger partial charge is 0.374 e. The van der Waals surface area contributed by atoms with Crippen molar-refractivity contribution in [2.24, 2.45) is 4.99 Å². The van der Waals surface area contributed by atoms with E-state index in [0.717, 1.165) is 31.9 Å². The molecule has 1 aromatic heterocycles. The highest BCUT2D eigenvalue weighted by Crippen LogP contribution is 2.20. The lowest BCUT2D eigenvalue weighted by atomic mass is 10.1. The highest BCUT2D eigenvalue weighted by Gasteiger charge is 2.25. The minimum Gasteiger partial charge on any atom is -0.374 e. The highest BCUT2D eigenvalue weighted by molar-refractivity contribution is 5.80. The molecule has 2 atom stereocenters. The number of aromatic nitrogens is 1. The minimum atomic E-state index is -0.277. The molecule has 1 fully saturated rings. The number of rotatable bonds is 8. The fourth-order valence-electron chi connectivity index (χ4n) is 3.43. The maximum absolute atomic E-state index is 13.9. The second kappa shape index (κ2) is 10.8. The van der Waals surface area contributed by atoms with Crippen LogP contribution in [0.5, 0.6) is 0 Å². The first kappa shape index (κ1) is 21.0. The summed E-state index contributed by atoms with van der Waals surface area (Å²) < 4.78 is 19.8. The van der Waals surface area contributed by atoms with Gasteiger partial charge in [0, 0.05) is 45.5 Å². The molecule has 2 aromatic rings. The molecule has 2 unspecified atom stereocenters. The van der Waals surface area contributed by atoms with Gasteiger partial charge in [-0.05, 0) is 37.5 Å². The standard InChI is InChI=1S/C22H30FN5O/c1-17(18-8-4-3-5-9-18)29-15-7-13-26-22(24-2)27-19-11-14-28(16-19)21-20(23)10-6-12-25-21/h3-6,8-10,12,17,19H,7,11,13-16H2,1-2H3,(H2,24,26,27). The summed E-state index contributed by atoms with van der Waals surface area (Å²) >= 11 is 0. The maximum atomic E-state index is 13.9. The van der Waals surface area contributed by atoms with Gasteiger partial charge in [-0.1, -0.05) is 30.3 Å². The number of guanidine groups is 1. The maximum Gasteiger partial charge on any atom is 0.191 e. The van der Waals surface area contributed by atoms with Crippen LogP contribution in [0.1, 0.15) is 31.4 Å². The lowest BCUT2D eigenvalue weighted by Crippen LogP contribution is -2.45. The van der Waals surface area contributed by atoms with Crippen molar-refractivity contribution in [3.05, 3.63) is 60.0 Å². The van der Waals surface area contributed by atoms with Gasteiger partial charge in [-0.2, -0.15) is 0 Å². The van der Waals surface area contributed by atoms with Gasteiger partial charge in [-0.3, -0.25) is 4.99 Å². The molecular weight excluding hydrogens is 369 g/mol. The summed E-state index contributed by atoms with van der Waals surface area (Å²) in [7, 11) is 1.76. The fraction of sp³-hybridized carbons (Fsp3) is 0.455. The first-order valence-electron chi connectivity index (χ1n) is 10.2. The monoisotopic (exact) mass is 399 g/mol. The third-order valence-electron chi connectivity index (χ3n) is 5.04. The van der Waals surface area contributed by atoms with Crippen LogP contribution in [0.3, 0.4) is 0 Å². The summed E-state index contributed by atoms with van der Waals surface area (Å²) in [4.78, 5) is 10.4. The van der Waals surface area contributed by atoms with Crippen molar-refractivity contribution in [2.75, 3.05) is 38.2 Å². The predicted molar refractivity (Wildman–Crippen MR) is 115 cm³/mol. The number of nitrogens with zero attached hydrogens (tertiary/aromatic N) is 3.